The summed E-state index contributed by atoms with van der Waals surface area (Å²) in [5, 5.41) is 10.6. The Morgan fingerprint density at radius 1 is 0.283 bits per heavy atom. The summed E-state index contributed by atoms with van der Waals surface area (Å²) >= 11 is 0. The van der Waals surface area contributed by atoms with Crippen LogP contribution in [-0.4, -0.2) is 96.7 Å². The van der Waals surface area contributed by atoms with Crippen molar-refractivity contribution < 1.29 is 80.2 Å². The Morgan fingerprint density at radius 3 is 0.717 bits per heavy atom. The molecule has 17 nitrogen and oxygen atoms in total. The van der Waals surface area contributed by atoms with E-state index in [1.807, 2.05) is 0 Å². The molecule has 0 bridgehead atoms. The molecule has 4 unspecified atom stereocenters. The van der Waals surface area contributed by atoms with Crippen molar-refractivity contribution >= 4 is 39.5 Å². The maximum Gasteiger partial charge on any atom is 0.472 e. The number of unbranched alkanes of at least 4 members (excludes halogenated alkanes) is 47. The summed E-state index contributed by atoms with van der Waals surface area (Å²) in [5.74, 6) is -0.508. The van der Waals surface area contributed by atoms with Gasteiger partial charge in [-0.1, -0.05) is 369 Å². The van der Waals surface area contributed by atoms with Gasteiger partial charge in [0.15, 0.2) is 12.2 Å². The Hall–Kier alpha value is -1.94. The van der Waals surface area contributed by atoms with E-state index in [-0.39, 0.29) is 25.7 Å². The van der Waals surface area contributed by atoms with E-state index in [1.165, 1.54) is 231 Å². The summed E-state index contributed by atoms with van der Waals surface area (Å²) in [5.41, 5.74) is 0. The van der Waals surface area contributed by atoms with Crippen molar-refractivity contribution in [2.45, 2.75) is 439 Å². The van der Waals surface area contributed by atoms with Gasteiger partial charge in [-0.25, -0.2) is 9.13 Å². The van der Waals surface area contributed by atoms with Crippen LogP contribution in [-0.2, 0) is 65.4 Å². The second kappa shape index (κ2) is 71.7. The Balaban J connectivity index is 5.21. The van der Waals surface area contributed by atoms with Gasteiger partial charge in [0, 0.05) is 25.7 Å². The lowest BCUT2D eigenvalue weighted by molar-refractivity contribution is -0.161. The summed E-state index contributed by atoms with van der Waals surface area (Å²) in [7, 11) is -9.92. The van der Waals surface area contributed by atoms with Crippen LogP contribution in [0.15, 0.2) is 0 Å². The molecule has 0 radical (unpaired) electrons. The highest BCUT2D eigenvalue weighted by Crippen LogP contribution is 2.45. The van der Waals surface area contributed by atoms with Crippen LogP contribution in [0.2, 0.25) is 0 Å². The number of ether oxygens (including phenoxy) is 4. The first kappa shape index (κ1) is 97.1. The number of esters is 4. The molecule has 0 rings (SSSR count). The van der Waals surface area contributed by atoms with Crippen molar-refractivity contribution in [3.63, 3.8) is 0 Å². The third-order valence-corrected chi connectivity index (χ3v) is 21.3. The van der Waals surface area contributed by atoms with E-state index in [2.05, 4.69) is 41.5 Å². The van der Waals surface area contributed by atoms with Gasteiger partial charge in [0.2, 0.25) is 0 Å². The monoisotopic (exact) mass is 1450 g/mol. The molecule has 0 aliphatic rings. The van der Waals surface area contributed by atoms with Crippen LogP contribution < -0.4 is 0 Å². The lowest BCUT2D eigenvalue weighted by Crippen LogP contribution is -2.30. The normalized spacial score (nSPS) is 14.5. The zero-order valence-electron chi connectivity index (χ0n) is 64.8. The highest BCUT2D eigenvalue weighted by atomic mass is 31.2. The third-order valence-electron chi connectivity index (χ3n) is 19.4. The van der Waals surface area contributed by atoms with E-state index in [0.29, 0.717) is 25.7 Å². The van der Waals surface area contributed by atoms with Gasteiger partial charge in [-0.2, -0.15) is 0 Å². The number of aliphatic hydroxyl groups is 1. The second-order valence-corrected chi connectivity index (χ2v) is 32.2. The Labute approximate surface area is 607 Å². The fraction of sp³-hybridized carbons (Fsp3) is 0.950. The molecule has 0 saturated heterocycles. The number of carbonyl (C=O) groups is 4. The zero-order chi connectivity index (χ0) is 72.8. The average molecular weight is 1450 g/mol. The highest BCUT2D eigenvalue weighted by Gasteiger charge is 2.30. The van der Waals surface area contributed by atoms with Crippen molar-refractivity contribution in [3.05, 3.63) is 0 Å². The van der Waals surface area contributed by atoms with E-state index >= 15 is 0 Å². The lowest BCUT2D eigenvalue weighted by Gasteiger charge is -2.21. The maximum atomic E-state index is 13.1. The smallest absolute Gasteiger partial charge is 0.462 e. The van der Waals surface area contributed by atoms with Crippen LogP contribution >= 0.6 is 15.6 Å². The van der Waals surface area contributed by atoms with Crippen LogP contribution in [0.1, 0.15) is 420 Å². The number of phosphoric acid groups is 2. The van der Waals surface area contributed by atoms with Crippen LogP contribution in [0.4, 0.5) is 0 Å². The largest absolute Gasteiger partial charge is 0.472 e. The van der Waals surface area contributed by atoms with Crippen molar-refractivity contribution in [1.29, 1.82) is 0 Å². The minimum Gasteiger partial charge on any atom is -0.462 e. The molecule has 0 saturated carbocycles. The fourth-order valence-corrected chi connectivity index (χ4v) is 13.9. The van der Waals surface area contributed by atoms with Crippen LogP contribution in [0, 0.1) is 11.8 Å². The SMILES string of the molecule is CCCCCCCCCCCCCCCCC(=O)OC[C@H](COP(=O)(O)OC[C@@H](O)COP(=O)(O)OC[C@@H](COC(=O)CCCCCCCCC(C)CC)OC(=O)CCCCCCCCCCCCCCC)OC(=O)CCCCCCCCCCCCCCCCCCCCC(C)CC. The van der Waals surface area contributed by atoms with E-state index < -0.39 is 97.5 Å². The molecule has 0 amide bonds. The third kappa shape index (κ3) is 71.5. The van der Waals surface area contributed by atoms with Crippen molar-refractivity contribution in [2.75, 3.05) is 39.6 Å². The summed E-state index contributed by atoms with van der Waals surface area (Å²) in [6, 6.07) is 0. The van der Waals surface area contributed by atoms with Crippen LogP contribution in [0.3, 0.4) is 0 Å². The molecule has 0 aliphatic heterocycles. The molecule has 0 aromatic rings. The number of hydrogen-bond donors (Lipinski definition) is 3. The van der Waals surface area contributed by atoms with Gasteiger partial charge in [-0.15, -0.1) is 0 Å². The van der Waals surface area contributed by atoms with Gasteiger partial charge in [0.25, 0.3) is 0 Å². The quantitative estimate of drug-likeness (QED) is 0.0222. The predicted octanol–water partition coefficient (Wildman–Crippen LogP) is 23.9. The second-order valence-electron chi connectivity index (χ2n) is 29.3. The van der Waals surface area contributed by atoms with Gasteiger partial charge in [0.05, 0.1) is 26.4 Å². The lowest BCUT2D eigenvalue weighted by atomic mass is 9.99. The average Bonchev–Trinajstić information content (AvgIpc) is 0.966. The van der Waals surface area contributed by atoms with Gasteiger partial charge in [0.1, 0.15) is 19.3 Å². The number of rotatable bonds is 79. The van der Waals surface area contributed by atoms with Crippen LogP contribution in [0.5, 0.6) is 0 Å². The molecule has 19 heteroatoms. The first-order valence-electron chi connectivity index (χ1n) is 41.6. The number of phosphoric ester groups is 2. The first-order chi connectivity index (χ1) is 47.9. The number of aliphatic hydroxyl groups excluding tert-OH is 1. The Morgan fingerprint density at radius 2 is 0.485 bits per heavy atom. The van der Waals surface area contributed by atoms with Gasteiger partial charge >= 0.3 is 39.5 Å². The molecule has 99 heavy (non-hydrogen) atoms. The van der Waals surface area contributed by atoms with E-state index in [1.54, 1.807) is 0 Å². The van der Waals surface area contributed by atoms with Gasteiger partial charge in [-0.05, 0) is 37.5 Å². The number of carbonyl (C=O) groups excluding carboxylic acids is 4. The molecule has 0 aromatic heterocycles. The molecule has 3 N–H and O–H groups in total. The Bertz CT molecular complexity index is 1910. The first-order valence-corrected chi connectivity index (χ1v) is 44.6. The molecule has 0 spiro atoms. The fourth-order valence-electron chi connectivity index (χ4n) is 12.3. The predicted molar refractivity (Wildman–Crippen MR) is 405 cm³/mol. The molecule has 0 fully saturated rings. The molecule has 0 aromatic carbocycles. The Kier molecular flexibility index (Phi) is 70.3. The minimum absolute atomic E-state index is 0.107. The van der Waals surface area contributed by atoms with E-state index in [9.17, 15) is 43.2 Å². The minimum atomic E-state index is -4.96. The summed E-state index contributed by atoms with van der Waals surface area (Å²) in [6.07, 6.45) is 61.0. The van der Waals surface area contributed by atoms with Crippen molar-refractivity contribution in [3.8, 4) is 0 Å². The van der Waals surface area contributed by atoms with E-state index in [4.69, 9.17) is 37.0 Å². The summed E-state index contributed by atoms with van der Waals surface area (Å²) in [4.78, 5) is 72.9. The molecular formula is C80H156O17P2. The summed E-state index contributed by atoms with van der Waals surface area (Å²) in [6.45, 7) is 9.66. The van der Waals surface area contributed by atoms with Crippen molar-refractivity contribution in [1.82, 2.24) is 0 Å². The maximum absolute atomic E-state index is 13.1. The highest BCUT2D eigenvalue weighted by molar-refractivity contribution is 7.47. The van der Waals surface area contributed by atoms with Gasteiger partial charge in [-0.3, -0.25) is 37.3 Å². The number of hydrogen-bond acceptors (Lipinski definition) is 15. The molecule has 0 aliphatic carbocycles. The van der Waals surface area contributed by atoms with Gasteiger partial charge < -0.3 is 33.8 Å². The van der Waals surface area contributed by atoms with Crippen molar-refractivity contribution in [2.24, 2.45) is 11.8 Å². The molecule has 7 atom stereocenters. The topological polar surface area (TPSA) is 237 Å². The summed E-state index contributed by atoms with van der Waals surface area (Å²) < 4.78 is 68.6. The zero-order valence-corrected chi connectivity index (χ0v) is 66.6. The molecular weight excluding hydrogens is 1290 g/mol. The van der Waals surface area contributed by atoms with E-state index in [0.717, 1.165) is 108 Å². The standard InChI is InChI=1S/C80H156O17P2/c1-7-11-13-15-17-19-21-23-32-35-39-43-50-56-62-77(82)90-68-75(96-79(84)65-59-53-45-41-37-33-29-27-25-24-26-28-31-34-38-42-48-54-60-72(5)9-3)70-94-98(86,87)92-66-74(81)67-93-99(88,89)95-71-76(69-91-78(83)63-57-51-47-46-49-55-61-73(6)10-4)97-80(85)64-58-52-44-40-36-30-22-20-18-16-14-12-8-2/h72-76,81H,7-71H2,1-6H3,(H,86,87)(H,88,89)/t72?,73?,74-,75-,76-/m1/s1. The molecule has 588 valence electrons. The molecule has 0 heterocycles. The van der Waals surface area contributed by atoms with Crippen LogP contribution in [0.25, 0.3) is 0 Å².